The molecule has 20 heavy (non-hydrogen) atoms. The van der Waals surface area contributed by atoms with Crippen LogP contribution in [-0.4, -0.2) is 35.5 Å². The predicted octanol–water partition coefficient (Wildman–Crippen LogP) is 0.695. The zero-order valence-corrected chi connectivity index (χ0v) is 11.1. The van der Waals surface area contributed by atoms with Gasteiger partial charge in [-0.15, -0.1) is 0 Å². The Hall–Kier alpha value is -2.42. The molecule has 7 nitrogen and oxygen atoms in total. The Morgan fingerprint density at radius 2 is 2.10 bits per heavy atom. The van der Waals surface area contributed by atoms with E-state index in [2.05, 4.69) is 5.10 Å². The molecule has 0 fully saturated rings. The topological polar surface area (TPSA) is 115 Å². The molecule has 0 amide bonds. The summed E-state index contributed by atoms with van der Waals surface area (Å²) < 4.78 is 37.4. The van der Waals surface area contributed by atoms with Crippen LogP contribution in [-0.2, 0) is 9.84 Å². The van der Waals surface area contributed by atoms with Gasteiger partial charge in [0.1, 0.15) is 22.9 Å². The quantitative estimate of drug-likeness (QED) is 0.861. The molecule has 0 spiro atoms. The highest BCUT2D eigenvalue weighted by molar-refractivity contribution is 7.90. The predicted molar refractivity (Wildman–Crippen MR) is 68.0 cm³/mol. The third kappa shape index (κ3) is 2.35. The van der Waals surface area contributed by atoms with Crippen LogP contribution in [0, 0.1) is 5.82 Å². The minimum Gasteiger partial charge on any atom is -0.477 e. The summed E-state index contributed by atoms with van der Waals surface area (Å²) in [4.78, 5) is 10.6. The number of nitrogen functional groups attached to an aromatic ring is 1. The van der Waals surface area contributed by atoms with Crippen LogP contribution >= 0.6 is 0 Å². The van der Waals surface area contributed by atoms with E-state index in [-0.39, 0.29) is 22.0 Å². The number of carboxylic acids is 1. The third-order valence-corrected chi connectivity index (χ3v) is 3.72. The highest BCUT2D eigenvalue weighted by atomic mass is 32.2. The maximum atomic E-state index is 13.9. The molecular formula is C11H10FN3O4S. The summed E-state index contributed by atoms with van der Waals surface area (Å²) in [5, 5.41) is 12.5. The van der Waals surface area contributed by atoms with Crippen LogP contribution in [0.4, 0.5) is 10.2 Å². The number of halogens is 1. The fourth-order valence-electron chi connectivity index (χ4n) is 1.60. The summed E-state index contributed by atoms with van der Waals surface area (Å²) in [6.45, 7) is 0. The van der Waals surface area contributed by atoms with Gasteiger partial charge in [0.2, 0.25) is 0 Å². The van der Waals surface area contributed by atoms with Gasteiger partial charge in [0.15, 0.2) is 9.84 Å². The number of sulfone groups is 1. The van der Waals surface area contributed by atoms with Crippen molar-refractivity contribution in [3.05, 3.63) is 35.8 Å². The molecule has 1 aromatic heterocycles. The second-order valence-electron chi connectivity index (χ2n) is 4.05. The summed E-state index contributed by atoms with van der Waals surface area (Å²) >= 11 is 0. The maximum absolute atomic E-state index is 13.9. The number of rotatable bonds is 3. The number of aromatic carboxylic acids is 1. The molecule has 0 aliphatic rings. The van der Waals surface area contributed by atoms with E-state index in [1.165, 1.54) is 12.1 Å². The van der Waals surface area contributed by atoms with Gasteiger partial charge in [0.05, 0.1) is 11.1 Å². The summed E-state index contributed by atoms with van der Waals surface area (Å²) in [5.74, 6) is -2.41. The second kappa shape index (κ2) is 4.60. The molecule has 2 rings (SSSR count). The Balaban J connectivity index is 2.58. The van der Waals surface area contributed by atoms with Gasteiger partial charge >= 0.3 is 5.97 Å². The lowest BCUT2D eigenvalue weighted by atomic mass is 10.3. The van der Waals surface area contributed by atoms with Gasteiger partial charge in [-0.05, 0) is 18.2 Å². The number of hydrogen-bond acceptors (Lipinski definition) is 5. The Bertz CT molecular complexity index is 798. The molecule has 3 N–H and O–H groups in total. The van der Waals surface area contributed by atoms with E-state index >= 15 is 0 Å². The van der Waals surface area contributed by atoms with Gasteiger partial charge < -0.3 is 10.8 Å². The molecule has 0 saturated carbocycles. The number of aromatic nitrogens is 2. The zero-order valence-electron chi connectivity index (χ0n) is 10.2. The fourth-order valence-corrected chi connectivity index (χ4v) is 2.24. The monoisotopic (exact) mass is 299 g/mol. The molecular weight excluding hydrogens is 289 g/mol. The van der Waals surface area contributed by atoms with Crippen molar-refractivity contribution >= 4 is 21.6 Å². The number of benzene rings is 1. The van der Waals surface area contributed by atoms with Crippen molar-refractivity contribution in [3.8, 4) is 5.69 Å². The van der Waals surface area contributed by atoms with E-state index in [0.717, 1.165) is 23.2 Å². The van der Waals surface area contributed by atoms with Crippen LogP contribution in [0.2, 0.25) is 0 Å². The first-order valence-electron chi connectivity index (χ1n) is 5.28. The molecule has 0 aliphatic heterocycles. The maximum Gasteiger partial charge on any atom is 0.341 e. The van der Waals surface area contributed by atoms with Crippen LogP contribution in [0.5, 0.6) is 0 Å². The highest BCUT2D eigenvalue weighted by Gasteiger charge is 2.18. The summed E-state index contributed by atoms with van der Waals surface area (Å²) in [6, 6.07) is 3.18. The van der Waals surface area contributed by atoms with E-state index < -0.39 is 21.6 Å². The van der Waals surface area contributed by atoms with E-state index in [0.29, 0.717) is 0 Å². The number of carbonyl (C=O) groups is 1. The van der Waals surface area contributed by atoms with Gasteiger partial charge in [-0.2, -0.15) is 5.10 Å². The fraction of sp³-hybridized carbons (Fsp3) is 0.0909. The van der Waals surface area contributed by atoms with Crippen molar-refractivity contribution in [2.45, 2.75) is 4.90 Å². The Morgan fingerprint density at radius 3 is 2.55 bits per heavy atom. The molecule has 2 aromatic rings. The van der Waals surface area contributed by atoms with E-state index in [1.54, 1.807) is 0 Å². The molecule has 0 saturated heterocycles. The average Bonchev–Trinajstić information content (AvgIpc) is 2.70. The molecule has 106 valence electrons. The molecule has 9 heteroatoms. The largest absolute Gasteiger partial charge is 0.477 e. The molecule has 0 aliphatic carbocycles. The number of hydrogen-bond donors (Lipinski definition) is 2. The number of carboxylic acid groups (broad SMARTS) is 1. The van der Waals surface area contributed by atoms with Crippen LogP contribution in [0.15, 0.2) is 29.3 Å². The third-order valence-electron chi connectivity index (χ3n) is 2.61. The van der Waals surface area contributed by atoms with Crippen molar-refractivity contribution in [3.63, 3.8) is 0 Å². The summed E-state index contributed by atoms with van der Waals surface area (Å²) in [5.41, 5.74) is 5.16. The molecule has 1 aromatic carbocycles. The lowest BCUT2D eigenvalue weighted by molar-refractivity contribution is 0.0698. The molecule has 1 heterocycles. The standard InChI is InChI=1S/C11H10FN3O4S/c1-20(18,19)6-2-3-9(8(12)4-6)15-10(13)7(5-14-15)11(16)17/h2-5H,13H2,1H3,(H,16,17). The van der Waals surface area contributed by atoms with Gasteiger partial charge in [-0.25, -0.2) is 22.3 Å². The first-order valence-corrected chi connectivity index (χ1v) is 7.17. The van der Waals surface area contributed by atoms with E-state index in [4.69, 9.17) is 10.8 Å². The highest BCUT2D eigenvalue weighted by Crippen LogP contribution is 2.22. The van der Waals surface area contributed by atoms with Crippen molar-refractivity contribution in [2.24, 2.45) is 0 Å². The van der Waals surface area contributed by atoms with Gasteiger partial charge in [-0.1, -0.05) is 0 Å². The minimum atomic E-state index is -3.54. The first kappa shape index (κ1) is 14.0. The SMILES string of the molecule is CS(=O)(=O)c1ccc(-n2ncc(C(=O)O)c2N)c(F)c1. The Labute approximate surface area is 113 Å². The number of anilines is 1. The lowest BCUT2D eigenvalue weighted by Gasteiger charge is -2.07. The molecule has 0 unspecified atom stereocenters. The van der Waals surface area contributed by atoms with E-state index in [9.17, 15) is 17.6 Å². The smallest absolute Gasteiger partial charge is 0.341 e. The number of nitrogens with zero attached hydrogens (tertiary/aromatic N) is 2. The van der Waals surface area contributed by atoms with Crippen LogP contribution in [0.3, 0.4) is 0 Å². The van der Waals surface area contributed by atoms with Crippen LogP contribution < -0.4 is 5.73 Å². The van der Waals surface area contributed by atoms with Gasteiger partial charge in [0, 0.05) is 6.26 Å². The molecule has 0 atom stereocenters. The normalized spacial score (nSPS) is 11.5. The molecule has 0 bridgehead atoms. The van der Waals surface area contributed by atoms with Gasteiger partial charge in [0.25, 0.3) is 0 Å². The average molecular weight is 299 g/mol. The van der Waals surface area contributed by atoms with Crippen LogP contribution in [0.1, 0.15) is 10.4 Å². The first-order chi connectivity index (χ1) is 9.21. The molecule has 0 radical (unpaired) electrons. The lowest BCUT2D eigenvalue weighted by Crippen LogP contribution is -2.08. The zero-order chi connectivity index (χ0) is 15.1. The minimum absolute atomic E-state index is 0.137. The summed E-state index contributed by atoms with van der Waals surface area (Å²) in [7, 11) is -3.54. The second-order valence-corrected chi connectivity index (χ2v) is 6.06. The van der Waals surface area contributed by atoms with Crippen molar-refractivity contribution in [2.75, 3.05) is 12.0 Å². The Kier molecular flexibility index (Phi) is 3.22. The Morgan fingerprint density at radius 1 is 1.45 bits per heavy atom. The van der Waals surface area contributed by atoms with E-state index in [1.807, 2.05) is 0 Å². The van der Waals surface area contributed by atoms with Crippen molar-refractivity contribution < 1.29 is 22.7 Å². The van der Waals surface area contributed by atoms with Crippen molar-refractivity contribution in [1.29, 1.82) is 0 Å². The summed E-state index contributed by atoms with van der Waals surface area (Å²) in [6.07, 6.45) is 1.94. The van der Waals surface area contributed by atoms with Crippen molar-refractivity contribution in [1.82, 2.24) is 9.78 Å². The number of nitrogens with two attached hydrogens (primary N) is 1. The van der Waals surface area contributed by atoms with Gasteiger partial charge in [-0.3, -0.25) is 0 Å². The van der Waals surface area contributed by atoms with Crippen LogP contribution in [0.25, 0.3) is 5.69 Å².